The van der Waals surface area contributed by atoms with Crippen molar-refractivity contribution in [2.75, 3.05) is 6.79 Å². The first-order valence-electron chi connectivity index (χ1n) is 4.36. The molecule has 0 saturated heterocycles. The number of carbonyl (C=O) groups excluding carboxylic acids is 1. The topological polar surface area (TPSA) is 55.8 Å². The lowest BCUT2D eigenvalue weighted by atomic mass is 10.1. The van der Waals surface area contributed by atoms with Crippen LogP contribution in [0.15, 0.2) is 12.1 Å². The third-order valence-electron chi connectivity index (χ3n) is 2.11. The smallest absolute Gasteiger partial charge is 0.231 e. The minimum absolute atomic E-state index is 0.149. The second-order valence-electron chi connectivity index (χ2n) is 3.04. The molecule has 0 spiro atoms. The lowest BCUT2D eigenvalue weighted by Crippen LogP contribution is -1.93. The van der Waals surface area contributed by atoms with Crippen LogP contribution in [0, 0.1) is 0 Å². The Bertz CT molecular complexity index is 359. The number of aromatic hydroxyl groups is 1. The summed E-state index contributed by atoms with van der Waals surface area (Å²) in [6.45, 7) is 0.186. The summed E-state index contributed by atoms with van der Waals surface area (Å²) in [6.07, 6.45) is 1.74. The molecule has 2 rings (SSSR count). The first-order valence-corrected chi connectivity index (χ1v) is 4.36. The van der Waals surface area contributed by atoms with Gasteiger partial charge in [-0.3, -0.25) is 0 Å². The second kappa shape index (κ2) is 3.57. The highest BCUT2D eigenvalue weighted by atomic mass is 16.7. The first kappa shape index (κ1) is 8.87. The number of rotatable bonds is 3. The van der Waals surface area contributed by atoms with Gasteiger partial charge in [0, 0.05) is 12.5 Å². The molecule has 4 nitrogen and oxygen atoms in total. The molecule has 14 heavy (non-hydrogen) atoms. The average molecular weight is 194 g/mol. The number of benzene rings is 1. The summed E-state index contributed by atoms with van der Waals surface area (Å²) in [5.41, 5.74) is 0.710. The third-order valence-corrected chi connectivity index (χ3v) is 2.11. The fraction of sp³-hybridized carbons (Fsp3) is 0.300. The summed E-state index contributed by atoms with van der Waals surface area (Å²) in [6, 6.07) is 3.23. The number of carbonyl (C=O) groups is 1. The number of hydrogen-bond donors (Lipinski definition) is 1. The minimum atomic E-state index is 0.149. The number of phenolic OH excluding ortho intramolecular Hbond substituents is 1. The fourth-order valence-electron chi connectivity index (χ4n) is 1.39. The Hall–Kier alpha value is -1.71. The van der Waals surface area contributed by atoms with E-state index in [1.807, 2.05) is 0 Å². The van der Waals surface area contributed by atoms with Gasteiger partial charge in [0.25, 0.3) is 0 Å². The summed E-state index contributed by atoms with van der Waals surface area (Å²) >= 11 is 0. The van der Waals surface area contributed by atoms with E-state index in [0.29, 0.717) is 29.9 Å². The number of aryl methyl sites for hydroxylation is 1. The molecule has 1 N–H and O–H groups in total. The maximum absolute atomic E-state index is 10.2. The highest BCUT2D eigenvalue weighted by Crippen LogP contribution is 2.37. The van der Waals surface area contributed by atoms with Crippen molar-refractivity contribution in [3.05, 3.63) is 17.7 Å². The lowest BCUT2D eigenvalue weighted by Gasteiger charge is -2.03. The van der Waals surface area contributed by atoms with Crippen LogP contribution in [-0.2, 0) is 11.2 Å². The molecule has 0 aliphatic carbocycles. The van der Waals surface area contributed by atoms with Crippen LogP contribution in [0.5, 0.6) is 17.2 Å². The molecule has 1 aromatic rings. The van der Waals surface area contributed by atoms with Crippen molar-refractivity contribution < 1.29 is 19.4 Å². The van der Waals surface area contributed by atoms with Crippen LogP contribution in [0.3, 0.4) is 0 Å². The van der Waals surface area contributed by atoms with Gasteiger partial charge in [-0.25, -0.2) is 0 Å². The Morgan fingerprint density at radius 3 is 2.79 bits per heavy atom. The van der Waals surface area contributed by atoms with Crippen molar-refractivity contribution in [3.8, 4) is 17.2 Å². The normalized spacial score (nSPS) is 12.9. The largest absolute Gasteiger partial charge is 0.508 e. The number of fused-ring (bicyclic) bond motifs is 1. The summed E-state index contributed by atoms with van der Waals surface area (Å²) in [5.74, 6) is 1.33. The van der Waals surface area contributed by atoms with E-state index in [2.05, 4.69) is 0 Å². The molecule has 1 aliphatic heterocycles. The molecule has 0 radical (unpaired) electrons. The number of aldehydes is 1. The predicted octanol–water partition coefficient (Wildman–Crippen LogP) is 1.25. The zero-order valence-corrected chi connectivity index (χ0v) is 7.53. The predicted molar refractivity (Wildman–Crippen MR) is 48.6 cm³/mol. The second-order valence-corrected chi connectivity index (χ2v) is 3.04. The number of phenols is 1. The number of hydrogen-bond acceptors (Lipinski definition) is 4. The van der Waals surface area contributed by atoms with E-state index < -0.39 is 0 Å². The van der Waals surface area contributed by atoms with E-state index in [4.69, 9.17) is 9.47 Å². The zero-order valence-electron chi connectivity index (χ0n) is 7.53. The van der Waals surface area contributed by atoms with Gasteiger partial charge in [-0.2, -0.15) is 0 Å². The van der Waals surface area contributed by atoms with Gasteiger partial charge in [0.05, 0.1) is 0 Å². The van der Waals surface area contributed by atoms with Gasteiger partial charge in [-0.15, -0.1) is 0 Å². The molecule has 74 valence electrons. The van der Waals surface area contributed by atoms with E-state index in [0.717, 1.165) is 6.29 Å². The monoisotopic (exact) mass is 194 g/mol. The van der Waals surface area contributed by atoms with Gasteiger partial charge >= 0.3 is 0 Å². The van der Waals surface area contributed by atoms with Crippen molar-refractivity contribution in [2.45, 2.75) is 12.8 Å². The molecule has 1 heterocycles. The van der Waals surface area contributed by atoms with E-state index >= 15 is 0 Å². The molecule has 0 atom stereocenters. The highest BCUT2D eigenvalue weighted by Gasteiger charge is 2.16. The van der Waals surface area contributed by atoms with E-state index in [-0.39, 0.29) is 12.5 Å². The first-order chi connectivity index (χ1) is 6.81. The summed E-state index contributed by atoms with van der Waals surface area (Å²) in [7, 11) is 0. The van der Waals surface area contributed by atoms with Crippen molar-refractivity contribution in [1.29, 1.82) is 0 Å². The molecular weight excluding hydrogens is 184 g/mol. The van der Waals surface area contributed by atoms with Crippen molar-refractivity contribution in [3.63, 3.8) is 0 Å². The van der Waals surface area contributed by atoms with Crippen LogP contribution in [-0.4, -0.2) is 18.2 Å². The van der Waals surface area contributed by atoms with Gasteiger partial charge in [0.1, 0.15) is 12.0 Å². The van der Waals surface area contributed by atoms with Crippen molar-refractivity contribution in [1.82, 2.24) is 0 Å². The van der Waals surface area contributed by atoms with Gasteiger partial charge < -0.3 is 19.4 Å². The molecule has 0 bridgehead atoms. The Morgan fingerprint density at radius 2 is 2.07 bits per heavy atom. The molecule has 4 heteroatoms. The Labute approximate surface area is 81.1 Å². The Kier molecular flexibility index (Phi) is 2.26. The fourth-order valence-corrected chi connectivity index (χ4v) is 1.39. The van der Waals surface area contributed by atoms with E-state index in [9.17, 15) is 9.90 Å². The van der Waals surface area contributed by atoms with E-state index in [1.165, 1.54) is 6.07 Å². The van der Waals surface area contributed by atoms with Crippen molar-refractivity contribution >= 4 is 6.29 Å². The third kappa shape index (κ3) is 1.51. The quantitative estimate of drug-likeness (QED) is 0.736. The molecule has 1 aromatic carbocycles. The van der Waals surface area contributed by atoms with Crippen LogP contribution >= 0.6 is 0 Å². The number of ether oxygens (including phenoxy) is 2. The minimum Gasteiger partial charge on any atom is -0.508 e. The molecular formula is C10H10O4. The van der Waals surface area contributed by atoms with E-state index in [1.54, 1.807) is 6.07 Å². The molecule has 0 aromatic heterocycles. The summed E-state index contributed by atoms with van der Waals surface area (Å²) < 4.78 is 10.2. The summed E-state index contributed by atoms with van der Waals surface area (Å²) in [4.78, 5) is 10.2. The van der Waals surface area contributed by atoms with Gasteiger partial charge in [0.15, 0.2) is 11.5 Å². The standard InChI is InChI=1S/C10H10O4/c11-3-1-2-7-4-9-10(5-8(7)12)14-6-13-9/h3-5,12H,1-2,6H2. The average Bonchev–Trinajstić information content (AvgIpc) is 2.61. The lowest BCUT2D eigenvalue weighted by molar-refractivity contribution is -0.107. The van der Waals surface area contributed by atoms with Crippen LogP contribution in [0.4, 0.5) is 0 Å². The highest BCUT2D eigenvalue weighted by molar-refractivity contribution is 5.54. The van der Waals surface area contributed by atoms with Gasteiger partial charge in [-0.1, -0.05) is 0 Å². The molecule has 0 fully saturated rings. The van der Waals surface area contributed by atoms with Gasteiger partial charge in [0.2, 0.25) is 6.79 Å². The molecule has 0 saturated carbocycles. The van der Waals surface area contributed by atoms with Crippen LogP contribution in [0.2, 0.25) is 0 Å². The summed E-state index contributed by atoms with van der Waals surface area (Å²) in [5, 5.41) is 9.55. The zero-order chi connectivity index (χ0) is 9.97. The molecule has 0 unspecified atom stereocenters. The van der Waals surface area contributed by atoms with Crippen molar-refractivity contribution in [2.24, 2.45) is 0 Å². The molecule has 1 aliphatic rings. The van der Waals surface area contributed by atoms with Gasteiger partial charge in [-0.05, 0) is 18.1 Å². The molecule has 0 amide bonds. The maximum Gasteiger partial charge on any atom is 0.231 e. The Morgan fingerprint density at radius 1 is 1.36 bits per heavy atom. The van der Waals surface area contributed by atoms with Crippen LogP contribution in [0.1, 0.15) is 12.0 Å². The maximum atomic E-state index is 10.2. The van der Waals surface area contributed by atoms with Crippen LogP contribution in [0.25, 0.3) is 0 Å². The SMILES string of the molecule is O=CCCc1cc2c(cc1O)OCO2. The van der Waals surface area contributed by atoms with Crippen LogP contribution < -0.4 is 9.47 Å². The Balaban J connectivity index is 2.27.